The largest absolute Gasteiger partial charge is 0.481 e. The lowest BCUT2D eigenvalue weighted by molar-refractivity contribution is -0.148. The molecular formula is C19H20O4. The van der Waals surface area contributed by atoms with Gasteiger partial charge >= 0.3 is 11.9 Å². The average Bonchev–Trinajstić information content (AvgIpc) is 2.58. The van der Waals surface area contributed by atoms with Gasteiger partial charge in [0.25, 0.3) is 0 Å². The summed E-state index contributed by atoms with van der Waals surface area (Å²) in [4.78, 5) is 22.6. The number of aliphatic carboxylic acids is 1. The molecule has 0 bridgehead atoms. The van der Waals surface area contributed by atoms with Gasteiger partial charge in [-0.3, -0.25) is 9.59 Å². The maximum absolute atomic E-state index is 12.1. The predicted molar refractivity (Wildman–Crippen MR) is 86.9 cm³/mol. The molecule has 0 radical (unpaired) electrons. The van der Waals surface area contributed by atoms with Gasteiger partial charge in [-0.25, -0.2) is 0 Å². The zero-order chi connectivity index (χ0) is 16.5. The van der Waals surface area contributed by atoms with Crippen molar-refractivity contribution in [2.75, 3.05) is 0 Å². The predicted octanol–water partition coefficient (Wildman–Crippen LogP) is 3.96. The first-order valence-electron chi connectivity index (χ1n) is 7.68. The van der Waals surface area contributed by atoms with Crippen molar-refractivity contribution >= 4 is 11.9 Å². The number of carboxylic acid groups (broad SMARTS) is 1. The topological polar surface area (TPSA) is 63.6 Å². The van der Waals surface area contributed by atoms with Crippen LogP contribution in [0.5, 0.6) is 0 Å². The van der Waals surface area contributed by atoms with Crippen molar-refractivity contribution in [1.29, 1.82) is 0 Å². The second-order valence-corrected chi connectivity index (χ2v) is 5.29. The minimum atomic E-state index is -0.843. The molecule has 0 atom stereocenters. The highest BCUT2D eigenvalue weighted by molar-refractivity contribution is 5.70. The standard InChI is InChI=1S/C19H20O4/c20-17(21)13-7-8-14-18(22)23-19(15-9-3-1-4-10-15)16-11-5-2-6-12-16/h1-6,9-12,19H,7-8,13-14H2,(H,20,21). The first kappa shape index (κ1) is 16.7. The molecule has 0 aromatic heterocycles. The number of carboxylic acids is 1. The van der Waals surface area contributed by atoms with Crippen LogP contribution in [0.1, 0.15) is 42.9 Å². The lowest BCUT2D eigenvalue weighted by Crippen LogP contribution is -2.12. The van der Waals surface area contributed by atoms with E-state index >= 15 is 0 Å². The maximum Gasteiger partial charge on any atom is 0.306 e. The molecule has 0 unspecified atom stereocenters. The van der Waals surface area contributed by atoms with E-state index in [0.717, 1.165) is 11.1 Å². The molecule has 0 saturated carbocycles. The van der Waals surface area contributed by atoms with Crippen molar-refractivity contribution < 1.29 is 19.4 Å². The van der Waals surface area contributed by atoms with Crippen LogP contribution < -0.4 is 0 Å². The Kier molecular flexibility index (Phi) is 6.36. The molecule has 4 heteroatoms. The fraction of sp³-hybridized carbons (Fsp3) is 0.263. The summed E-state index contributed by atoms with van der Waals surface area (Å²) < 4.78 is 5.64. The van der Waals surface area contributed by atoms with Crippen LogP contribution in [0.2, 0.25) is 0 Å². The summed E-state index contributed by atoms with van der Waals surface area (Å²) >= 11 is 0. The highest BCUT2D eigenvalue weighted by Gasteiger charge is 2.18. The van der Waals surface area contributed by atoms with Crippen LogP contribution in [0, 0.1) is 0 Å². The second-order valence-electron chi connectivity index (χ2n) is 5.29. The van der Waals surface area contributed by atoms with Crippen LogP contribution in [0.15, 0.2) is 60.7 Å². The normalized spacial score (nSPS) is 10.5. The van der Waals surface area contributed by atoms with Gasteiger partial charge in [0, 0.05) is 12.8 Å². The fourth-order valence-electron chi connectivity index (χ4n) is 2.32. The monoisotopic (exact) mass is 312 g/mol. The molecule has 0 aliphatic heterocycles. The molecule has 0 saturated heterocycles. The van der Waals surface area contributed by atoms with Crippen molar-refractivity contribution in [3.63, 3.8) is 0 Å². The van der Waals surface area contributed by atoms with E-state index in [1.807, 2.05) is 60.7 Å². The summed E-state index contributed by atoms with van der Waals surface area (Å²) in [7, 11) is 0. The van der Waals surface area contributed by atoms with Crippen molar-refractivity contribution in [2.24, 2.45) is 0 Å². The van der Waals surface area contributed by atoms with Crippen LogP contribution in [-0.2, 0) is 14.3 Å². The van der Waals surface area contributed by atoms with E-state index < -0.39 is 12.1 Å². The Morgan fingerprint density at radius 2 is 1.30 bits per heavy atom. The quantitative estimate of drug-likeness (QED) is 0.592. The fourth-order valence-corrected chi connectivity index (χ4v) is 2.32. The molecule has 23 heavy (non-hydrogen) atoms. The summed E-state index contributed by atoms with van der Waals surface area (Å²) in [6.07, 6.45) is 0.856. The van der Waals surface area contributed by atoms with Gasteiger partial charge in [-0.2, -0.15) is 0 Å². The lowest BCUT2D eigenvalue weighted by Gasteiger charge is -2.19. The number of rotatable bonds is 8. The first-order valence-corrected chi connectivity index (χ1v) is 7.68. The van der Waals surface area contributed by atoms with Crippen molar-refractivity contribution in [2.45, 2.75) is 31.8 Å². The molecule has 120 valence electrons. The lowest BCUT2D eigenvalue weighted by atomic mass is 10.0. The van der Waals surface area contributed by atoms with E-state index in [2.05, 4.69) is 0 Å². The summed E-state index contributed by atoms with van der Waals surface area (Å²) in [5.74, 6) is -1.15. The van der Waals surface area contributed by atoms with E-state index in [9.17, 15) is 9.59 Å². The Bertz CT molecular complexity index is 583. The second kappa shape index (κ2) is 8.73. The zero-order valence-electron chi connectivity index (χ0n) is 12.9. The Labute approximate surface area is 135 Å². The highest BCUT2D eigenvalue weighted by atomic mass is 16.5. The summed E-state index contributed by atoms with van der Waals surface area (Å²) in [5.41, 5.74) is 1.83. The summed E-state index contributed by atoms with van der Waals surface area (Å²) in [6.45, 7) is 0. The number of carbonyl (C=O) groups excluding carboxylic acids is 1. The van der Waals surface area contributed by atoms with Gasteiger partial charge in [0.15, 0.2) is 6.10 Å². The van der Waals surface area contributed by atoms with Gasteiger partial charge in [-0.05, 0) is 24.0 Å². The zero-order valence-corrected chi connectivity index (χ0v) is 12.9. The maximum atomic E-state index is 12.1. The van der Waals surface area contributed by atoms with Gasteiger partial charge in [0.05, 0.1) is 0 Å². The van der Waals surface area contributed by atoms with Crippen LogP contribution in [-0.4, -0.2) is 17.0 Å². The minimum Gasteiger partial charge on any atom is -0.481 e. The number of benzene rings is 2. The van der Waals surface area contributed by atoms with Gasteiger partial charge in [0.2, 0.25) is 0 Å². The van der Waals surface area contributed by atoms with Crippen LogP contribution in [0.4, 0.5) is 0 Å². The van der Waals surface area contributed by atoms with Gasteiger partial charge in [-0.1, -0.05) is 60.7 Å². The minimum absolute atomic E-state index is 0.0775. The van der Waals surface area contributed by atoms with Crippen molar-refractivity contribution in [3.05, 3.63) is 71.8 Å². The van der Waals surface area contributed by atoms with Gasteiger partial charge < -0.3 is 9.84 Å². The molecule has 2 rings (SSSR count). The van der Waals surface area contributed by atoms with Crippen LogP contribution in [0.25, 0.3) is 0 Å². The smallest absolute Gasteiger partial charge is 0.306 e. The molecule has 0 fully saturated rings. The number of esters is 1. The molecule has 0 aliphatic rings. The molecule has 4 nitrogen and oxygen atoms in total. The SMILES string of the molecule is O=C(O)CCCCC(=O)OC(c1ccccc1)c1ccccc1. The Hall–Kier alpha value is -2.62. The molecule has 1 N–H and O–H groups in total. The Morgan fingerprint density at radius 3 is 1.78 bits per heavy atom. The number of ether oxygens (including phenoxy) is 1. The van der Waals surface area contributed by atoms with Crippen molar-refractivity contribution in [3.8, 4) is 0 Å². The molecular weight excluding hydrogens is 292 g/mol. The third-order valence-electron chi connectivity index (χ3n) is 3.48. The van der Waals surface area contributed by atoms with E-state index in [-0.39, 0.29) is 18.8 Å². The van der Waals surface area contributed by atoms with E-state index in [4.69, 9.17) is 9.84 Å². The third-order valence-corrected chi connectivity index (χ3v) is 3.48. The molecule has 2 aromatic carbocycles. The molecule has 0 spiro atoms. The van der Waals surface area contributed by atoms with Gasteiger partial charge in [-0.15, -0.1) is 0 Å². The number of hydrogen-bond acceptors (Lipinski definition) is 3. The van der Waals surface area contributed by atoms with E-state index in [1.54, 1.807) is 0 Å². The van der Waals surface area contributed by atoms with Crippen molar-refractivity contribution in [1.82, 2.24) is 0 Å². The summed E-state index contributed by atoms with van der Waals surface area (Å²) in [6, 6.07) is 19.2. The van der Waals surface area contributed by atoms with E-state index in [0.29, 0.717) is 12.8 Å². The van der Waals surface area contributed by atoms with Gasteiger partial charge in [0.1, 0.15) is 0 Å². The number of hydrogen-bond donors (Lipinski definition) is 1. The molecule has 0 heterocycles. The molecule has 0 amide bonds. The highest BCUT2D eigenvalue weighted by Crippen LogP contribution is 2.26. The third kappa shape index (κ3) is 5.58. The Morgan fingerprint density at radius 1 is 0.826 bits per heavy atom. The van der Waals surface area contributed by atoms with Crippen LogP contribution in [0.3, 0.4) is 0 Å². The molecule has 2 aromatic rings. The molecule has 0 aliphatic carbocycles. The van der Waals surface area contributed by atoms with Crippen LogP contribution >= 0.6 is 0 Å². The van der Waals surface area contributed by atoms with E-state index in [1.165, 1.54) is 0 Å². The summed E-state index contributed by atoms with van der Waals surface area (Å²) in [5, 5.41) is 8.61. The first-order chi connectivity index (χ1) is 11.2. The number of unbranched alkanes of at least 4 members (excludes halogenated alkanes) is 1. The Balaban J connectivity index is 2.01. The average molecular weight is 312 g/mol. The number of carbonyl (C=O) groups is 2.